The smallest absolute Gasteiger partial charge is 0.231 e. The van der Waals surface area contributed by atoms with E-state index in [2.05, 4.69) is 23.5 Å². The van der Waals surface area contributed by atoms with E-state index in [0.717, 1.165) is 41.4 Å². The SMILES string of the molecule is c1cc2c(c3c1C[C@@]14O[C@@H]3N[C@@H]1Cc1cc3c(cc14)OCO3)OCO2. The highest BCUT2D eigenvalue weighted by Crippen LogP contribution is 2.58. The highest BCUT2D eigenvalue weighted by molar-refractivity contribution is 5.59. The maximum Gasteiger partial charge on any atom is 0.231 e. The molecule has 2 aromatic carbocycles. The van der Waals surface area contributed by atoms with E-state index in [1.54, 1.807) is 0 Å². The summed E-state index contributed by atoms with van der Waals surface area (Å²) < 4.78 is 29.0. The van der Waals surface area contributed by atoms with Crippen molar-refractivity contribution in [2.24, 2.45) is 0 Å². The fourth-order valence-electron chi connectivity index (χ4n) is 5.05. The van der Waals surface area contributed by atoms with Crippen molar-refractivity contribution in [3.63, 3.8) is 0 Å². The third-order valence-electron chi connectivity index (χ3n) is 6.11. The molecule has 1 aliphatic carbocycles. The third kappa shape index (κ3) is 1.41. The van der Waals surface area contributed by atoms with Gasteiger partial charge in [0.1, 0.15) is 11.8 Å². The quantitative estimate of drug-likeness (QED) is 0.795. The maximum atomic E-state index is 6.60. The summed E-state index contributed by atoms with van der Waals surface area (Å²) in [6.07, 6.45) is 1.58. The second kappa shape index (κ2) is 4.03. The molecule has 0 amide bonds. The van der Waals surface area contributed by atoms with Gasteiger partial charge in [-0.1, -0.05) is 6.07 Å². The van der Waals surface area contributed by atoms with Crippen molar-refractivity contribution in [1.29, 1.82) is 0 Å². The van der Waals surface area contributed by atoms with Gasteiger partial charge in [0, 0.05) is 18.0 Å². The molecule has 2 aromatic rings. The van der Waals surface area contributed by atoms with Crippen LogP contribution < -0.4 is 24.3 Å². The van der Waals surface area contributed by atoms with Gasteiger partial charge >= 0.3 is 0 Å². The molecule has 25 heavy (non-hydrogen) atoms. The highest BCUT2D eigenvalue weighted by Gasteiger charge is 2.59. The molecule has 0 radical (unpaired) electrons. The minimum Gasteiger partial charge on any atom is -0.454 e. The van der Waals surface area contributed by atoms with Gasteiger partial charge in [-0.15, -0.1) is 0 Å². The zero-order valence-electron chi connectivity index (χ0n) is 13.3. The first-order valence-electron chi connectivity index (χ1n) is 8.60. The monoisotopic (exact) mass is 337 g/mol. The van der Waals surface area contributed by atoms with Crippen LogP contribution in [0.2, 0.25) is 0 Å². The van der Waals surface area contributed by atoms with Crippen LogP contribution in [0.3, 0.4) is 0 Å². The maximum absolute atomic E-state index is 6.60. The number of hydrogen-bond acceptors (Lipinski definition) is 6. The van der Waals surface area contributed by atoms with Gasteiger partial charge in [-0.25, -0.2) is 0 Å². The van der Waals surface area contributed by atoms with Gasteiger partial charge in [-0.3, -0.25) is 5.32 Å². The summed E-state index contributed by atoms with van der Waals surface area (Å²) in [6, 6.07) is 8.61. The Hall–Kier alpha value is -2.44. The molecular formula is C19H15NO5. The average Bonchev–Trinajstić information content (AvgIpc) is 3.35. The van der Waals surface area contributed by atoms with Crippen LogP contribution in [0.4, 0.5) is 0 Å². The Balaban J connectivity index is 1.42. The van der Waals surface area contributed by atoms with Crippen LogP contribution in [-0.2, 0) is 23.2 Å². The lowest BCUT2D eigenvalue weighted by molar-refractivity contribution is -0.0625. The summed E-state index contributed by atoms with van der Waals surface area (Å²) in [6.45, 7) is 0.572. The fraction of sp³-hybridized carbons (Fsp3) is 0.368. The molecule has 6 nitrogen and oxygen atoms in total. The van der Waals surface area contributed by atoms with E-state index < -0.39 is 0 Å². The van der Waals surface area contributed by atoms with Crippen molar-refractivity contribution in [3.05, 3.63) is 46.5 Å². The highest BCUT2D eigenvalue weighted by atomic mass is 16.7. The Labute approximate surface area is 143 Å². The molecule has 7 rings (SSSR count). The summed E-state index contributed by atoms with van der Waals surface area (Å²) >= 11 is 0. The van der Waals surface area contributed by atoms with Crippen molar-refractivity contribution in [1.82, 2.24) is 5.32 Å². The zero-order chi connectivity index (χ0) is 16.2. The summed E-state index contributed by atoms with van der Waals surface area (Å²) in [5.41, 5.74) is 4.52. The van der Waals surface area contributed by atoms with Crippen LogP contribution in [0, 0.1) is 0 Å². The Morgan fingerprint density at radius 2 is 1.76 bits per heavy atom. The van der Waals surface area contributed by atoms with Gasteiger partial charge in [-0.2, -0.15) is 0 Å². The predicted octanol–water partition coefficient (Wildman–Crippen LogP) is 2.14. The Morgan fingerprint density at radius 3 is 2.72 bits per heavy atom. The van der Waals surface area contributed by atoms with Gasteiger partial charge in [-0.05, 0) is 41.3 Å². The minimum atomic E-state index is -0.346. The molecule has 126 valence electrons. The lowest BCUT2D eigenvalue weighted by atomic mass is 9.83. The van der Waals surface area contributed by atoms with Gasteiger partial charge in [0.15, 0.2) is 23.0 Å². The van der Waals surface area contributed by atoms with Gasteiger partial charge in [0.2, 0.25) is 13.6 Å². The largest absolute Gasteiger partial charge is 0.454 e. The molecule has 1 fully saturated rings. The molecule has 6 heteroatoms. The lowest BCUT2D eigenvalue weighted by Crippen LogP contribution is -2.39. The van der Waals surface area contributed by atoms with E-state index in [-0.39, 0.29) is 24.7 Å². The van der Waals surface area contributed by atoms with E-state index in [4.69, 9.17) is 23.7 Å². The van der Waals surface area contributed by atoms with Crippen LogP contribution in [0.15, 0.2) is 24.3 Å². The van der Waals surface area contributed by atoms with Crippen LogP contribution in [0.5, 0.6) is 23.0 Å². The standard InChI is InChI=1S/C19H15NO5/c1-2-12-17(24-8-21-12)16-9(1)6-19-11-5-14-13(22-7-23-14)3-10(11)4-15(19)20-18(16)25-19/h1-3,5,15,18,20H,4,6-8H2/t15-,18+,19+/m1/s1. The van der Waals surface area contributed by atoms with E-state index in [0.29, 0.717) is 6.79 Å². The average molecular weight is 337 g/mol. The van der Waals surface area contributed by atoms with E-state index in [9.17, 15) is 0 Å². The van der Waals surface area contributed by atoms with Gasteiger partial charge in [0.05, 0.1) is 0 Å². The normalized spacial score (nSPS) is 31.7. The van der Waals surface area contributed by atoms with Gasteiger partial charge < -0.3 is 23.7 Å². The molecule has 4 aliphatic heterocycles. The summed E-state index contributed by atoms with van der Waals surface area (Å²) in [7, 11) is 0. The predicted molar refractivity (Wildman–Crippen MR) is 85.0 cm³/mol. The topological polar surface area (TPSA) is 58.2 Å². The second-order valence-electron chi connectivity index (χ2n) is 7.22. The van der Waals surface area contributed by atoms with Gasteiger partial charge in [0.25, 0.3) is 0 Å². The van der Waals surface area contributed by atoms with Crippen LogP contribution in [0.1, 0.15) is 28.5 Å². The molecular weight excluding hydrogens is 322 g/mol. The van der Waals surface area contributed by atoms with Crippen LogP contribution >= 0.6 is 0 Å². The van der Waals surface area contributed by atoms with Crippen molar-refractivity contribution >= 4 is 0 Å². The third-order valence-corrected chi connectivity index (χ3v) is 6.11. The molecule has 1 saturated heterocycles. The number of benzene rings is 2. The number of rotatable bonds is 0. The van der Waals surface area contributed by atoms with Crippen LogP contribution in [0.25, 0.3) is 0 Å². The van der Waals surface area contributed by atoms with E-state index in [1.165, 1.54) is 16.7 Å². The van der Waals surface area contributed by atoms with E-state index >= 15 is 0 Å². The molecule has 1 N–H and O–H groups in total. The van der Waals surface area contributed by atoms with Crippen molar-refractivity contribution in [3.8, 4) is 23.0 Å². The molecule has 4 heterocycles. The molecule has 0 aromatic heterocycles. The Kier molecular flexibility index (Phi) is 2.07. The summed E-state index contributed by atoms with van der Waals surface area (Å²) in [5.74, 6) is 3.29. The van der Waals surface area contributed by atoms with Crippen molar-refractivity contribution < 1.29 is 23.7 Å². The first-order valence-corrected chi connectivity index (χ1v) is 8.60. The number of fused-ring (bicyclic) bond motifs is 7. The molecule has 0 unspecified atom stereocenters. The Bertz CT molecular complexity index is 957. The lowest BCUT2D eigenvalue weighted by Gasteiger charge is -2.34. The first kappa shape index (κ1) is 12.9. The number of ether oxygens (including phenoxy) is 5. The molecule has 5 aliphatic rings. The minimum absolute atomic E-state index is 0.163. The number of hydrogen-bond donors (Lipinski definition) is 1. The zero-order valence-corrected chi connectivity index (χ0v) is 13.3. The molecule has 0 saturated carbocycles. The van der Waals surface area contributed by atoms with E-state index in [1.807, 2.05) is 6.07 Å². The number of nitrogens with one attached hydrogen (secondary N) is 1. The van der Waals surface area contributed by atoms with Crippen molar-refractivity contribution in [2.75, 3.05) is 13.6 Å². The van der Waals surface area contributed by atoms with Crippen LogP contribution in [-0.4, -0.2) is 19.6 Å². The molecule has 2 bridgehead atoms. The Morgan fingerprint density at radius 1 is 0.920 bits per heavy atom. The second-order valence-corrected chi connectivity index (χ2v) is 7.22. The molecule has 1 spiro atoms. The summed E-state index contributed by atoms with van der Waals surface area (Å²) in [4.78, 5) is 0. The molecule has 3 atom stereocenters. The first-order chi connectivity index (χ1) is 12.3. The summed E-state index contributed by atoms with van der Waals surface area (Å²) in [5, 5.41) is 3.67. The fourth-order valence-corrected chi connectivity index (χ4v) is 5.05. The van der Waals surface area contributed by atoms with Crippen molar-refractivity contribution in [2.45, 2.75) is 30.7 Å².